The molecular weight excluding hydrogens is 330 g/mol. The van der Waals surface area contributed by atoms with Gasteiger partial charge in [-0.05, 0) is 50.2 Å². The van der Waals surface area contributed by atoms with Gasteiger partial charge in [0.15, 0.2) is 5.11 Å². The second-order valence-electron chi connectivity index (χ2n) is 7.98. The summed E-state index contributed by atoms with van der Waals surface area (Å²) in [5.41, 5.74) is 0.971. The number of rotatable bonds is 3. The van der Waals surface area contributed by atoms with Crippen LogP contribution in [0.15, 0.2) is 6.07 Å². The van der Waals surface area contributed by atoms with E-state index < -0.39 is 0 Å². The van der Waals surface area contributed by atoms with Gasteiger partial charge in [-0.2, -0.15) is 4.98 Å². The molecule has 0 unspecified atom stereocenters. The molecule has 2 heterocycles. The minimum absolute atomic E-state index is 0.488. The summed E-state index contributed by atoms with van der Waals surface area (Å²) in [6.45, 7) is 8.78. The lowest BCUT2D eigenvalue weighted by atomic mass is 9.92. The lowest BCUT2D eigenvalue weighted by molar-refractivity contribution is 0.355. The molecule has 1 saturated heterocycles. The van der Waals surface area contributed by atoms with Crippen LogP contribution in [0.4, 0.5) is 11.8 Å². The Morgan fingerprint density at radius 2 is 1.80 bits per heavy atom. The van der Waals surface area contributed by atoms with Crippen molar-refractivity contribution in [2.45, 2.75) is 65.3 Å². The van der Waals surface area contributed by atoms with E-state index >= 15 is 0 Å². The summed E-state index contributed by atoms with van der Waals surface area (Å²) >= 11 is 5.48. The second kappa shape index (κ2) is 8.30. The molecular formula is C19H31N5S. The van der Waals surface area contributed by atoms with Crippen LogP contribution in [0, 0.1) is 18.8 Å². The van der Waals surface area contributed by atoms with E-state index in [9.17, 15) is 0 Å². The van der Waals surface area contributed by atoms with E-state index in [-0.39, 0.29) is 0 Å². The Hall–Kier alpha value is -1.43. The standard InChI is InChI=1S/C19H31N5S/c1-13-9-14(2)12-24(11-13)17-10-15(3)20-18(22-17)23-19(25)21-16-7-5-4-6-8-16/h10,13-14,16H,4-9,11-12H2,1-3H3,(H2,20,21,22,23,25)/t13-,14-/m1/s1. The van der Waals surface area contributed by atoms with Crippen LogP contribution in [-0.2, 0) is 0 Å². The number of hydrogen-bond donors (Lipinski definition) is 2. The van der Waals surface area contributed by atoms with Crippen LogP contribution >= 0.6 is 12.2 Å². The summed E-state index contributed by atoms with van der Waals surface area (Å²) in [5.74, 6) is 3.01. The molecule has 3 rings (SSSR count). The third-order valence-electron chi connectivity index (χ3n) is 5.20. The third-order valence-corrected chi connectivity index (χ3v) is 5.42. The largest absolute Gasteiger partial charge is 0.360 e. The molecule has 6 heteroatoms. The molecule has 25 heavy (non-hydrogen) atoms. The Labute approximate surface area is 157 Å². The molecule has 2 atom stereocenters. The topological polar surface area (TPSA) is 53.1 Å². The van der Waals surface area contributed by atoms with Crippen LogP contribution in [0.2, 0.25) is 0 Å². The molecule has 1 aromatic rings. The maximum atomic E-state index is 5.48. The highest BCUT2D eigenvalue weighted by molar-refractivity contribution is 7.80. The number of aryl methyl sites for hydroxylation is 1. The van der Waals surface area contributed by atoms with Crippen molar-refractivity contribution in [3.63, 3.8) is 0 Å². The van der Waals surface area contributed by atoms with Gasteiger partial charge in [0.1, 0.15) is 5.82 Å². The van der Waals surface area contributed by atoms with Gasteiger partial charge in [0.25, 0.3) is 0 Å². The smallest absolute Gasteiger partial charge is 0.231 e. The number of aromatic nitrogens is 2. The fourth-order valence-electron chi connectivity index (χ4n) is 4.19. The highest BCUT2D eigenvalue weighted by Crippen LogP contribution is 2.26. The van der Waals surface area contributed by atoms with E-state index in [1.807, 2.05) is 6.92 Å². The van der Waals surface area contributed by atoms with Gasteiger partial charge in [-0.1, -0.05) is 33.1 Å². The minimum atomic E-state index is 0.488. The van der Waals surface area contributed by atoms with E-state index in [1.165, 1.54) is 38.5 Å². The van der Waals surface area contributed by atoms with Crippen LogP contribution in [-0.4, -0.2) is 34.2 Å². The van der Waals surface area contributed by atoms with Gasteiger partial charge in [-0.15, -0.1) is 0 Å². The molecule has 5 nitrogen and oxygen atoms in total. The zero-order valence-electron chi connectivity index (χ0n) is 15.7. The average molecular weight is 362 g/mol. The predicted molar refractivity (Wildman–Crippen MR) is 108 cm³/mol. The molecule has 0 spiro atoms. The van der Waals surface area contributed by atoms with Gasteiger partial charge < -0.3 is 15.5 Å². The molecule has 1 aromatic heterocycles. The highest BCUT2D eigenvalue weighted by atomic mass is 32.1. The number of thiocarbonyl (C=S) groups is 1. The SMILES string of the molecule is Cc1cc(N2C[C@H](C)C[C@@H](C)C2)nc(NC(=S)NC2CCCCC2)n1. The molecule has 1 aliphatic heterocycles. The van der Waals surface area contributed by atoms with Crippen molar-refractivity contribution >= 4 is 29.1 Å². The van der Waals surface area contributed by atoms with E-state index in [0.717, 1.165) is 24.6 Å². The molecule has 0 aromatic carbocycles. The van der Waals surface area contributed by atoms with Gasteiger partial charge >= 0.3 is 0 Å². The molecule has 138 valence electrons. The Kier molecular flexibility index (Phi) is 6.10. The molecule has 2 aliphatic rings. The van der Waals surface area contributed by atoms with Gasteiger partial charge in [0.05, 0.1) is 0 Å². The minimum Gasteiger partial charge on any atom is -0.360 e. The summed E-state index contributed by atoms with van der Waals surface area (Å²) in [7, 11) is 0. The third kappa shape index (κ3) is 5.27. The first kappa shape index (κ1) is 18.4. The van der Waals surface area contributed by atoms with Crippen LogP contribution in [0.25, 0.3) is 0 Å². The van der Waals surface area contributed by atoms with Crippen molar-refractivity contribution < 1.29 is 0 Å². The number of piperidine rings is 1. The summed E-state index contributed by atoms with van der Waals surface area (Å²) in [6, 6.07) is 2.56. The van der Waals surface area contributed by atoms with E-state index in [1.54, 1.807) is 0 Å². The van der Waals surface area contributed by atoms with Gasteiger partial charge in [-0.25, -0.2) is 4.98 Å². The quantitative estimate of drug-likeness (QED) is 0.797. The van der Waals surface area contributed by atoms with Crippen molar-refractivity contribution in [2.75, 3.05) is 23.3 Å². The monoisotopic (exact) mass is 361 g/mol. The summed E-state index contributed by atoms with van der Waals surface area (Å²) < 4.78 is 0. The first-order valence-corrected chi connectivity index (χ1v) is 10.1. The van der Waals surface area contributed by atoms with Crippen LogP contribution in [0.1, 0.15) is 58.1 Å². The zero-order valence-corrected chi connectivity index (χ0v) is 16.5. The zero-order chi connectivity index (χ0) is 17.8. The normalized spacial score (nSPS) is 24.8. The van der Waals surface area contributed by atoms with Crippen LogP contribution < -0.4 is 15.5 Å². The van der Waals surface area contributed by atoms with Crippen molar-refractivity contribution in [1.29, 1.82) is 0 Å². The highest BCUT2D eigenvalue weighted by Gasteiger charge is 2.23. The molecule has 0 amide bonds. The Morgan fingerprint density at radius 3 is 2.48 bits per heavy atom. The van der Waals surface area contributed by atoms with Crippen molar-refractivity contribution in [1.82, 2.24) is 15.3 Å². The summed E-state index contributed by atoms with van der Waals surface area (Å²) in [5, 5.41) is 7.27. The van der Waals surface area contributed by atoms with Crippen LogP contribution in [0.3, 0.4) is 0 Å². The lowest BCUT2D eigenvalue weighted by Crippen LogP contribution is -2.40. The second-order valence-corrected chi connectivity index (χ2v) is 8.38. The van der Waals surface area contributed by atoms with E-state index in [0.29, 0.717) is 28.9 Å². The van der Waals surface area contributed by atoms with Crippen molar-refractivity contribution in [3.8, 4) is 0 Å². The van der Waals surface area contributed by atoms with E-state index in [2.05, 4.69) is 40.4 Å². The molecule has 0 radical (unpaired) electrons. The first-order chi connectivity index (χ1) is 12.0. The van der Waals surface area contributed by atoms with Crippen molar-refractivity contribution in [3.05, 3.63) is 11.8 Å². The summed E-state index contributed by atoms with van der Waals surface area (Å²) in [4.78, 5) is 11.6. The molecule has 2 fully saturated rings. The molecule has 0 bridgehead atoms. The number of nitrogens with one attached hydrogen (secondary N) is 2. The maximum absolute atomic E-state index is 5.48. The fourth-order valence-corrected chi connectivity index (χ4v) is 4.45. The van der Waals surface area contributed by atoms with Gasteiger partial charge in [0, 0.05) is 30.9 Å². The van der Waals surface area contributed by atoms with E-state index in [4.69, 9.17) is 17.2 Å². The number of hydrogen-bond acceptors (Lipinski definition) is 4. The van der Waals surface area contributed by atoms with Crippen molar-refractivity contribution in [2.24, 2.45) is 11.8 Å². The number of anilines is 2. The fraction of sp³-hybridized carbons (Fsp3) is 0.737. The Bertz CT molecular complexity index is 589. The lowest BCUT2D eigenvalue weighted by Gasteiger charge is -2.36. The predicted octanol–water partition coefficient (Wildman–Crippen LogP) is 3.89. The van der Waals surface area contributed by atoms with Gasteiger partial charge in [0.2, 0.25) is 5.95 Å². The summed E-state index contributed by atoms with van der Waals surface area (Å²) in [6.07, 6.45) is 7.61. The molecule has 1 saturated carbocycles. The number of nitrogens with zero attached hydrogens (tertiary/aromatic N) is 3. The Balaban J connectivity index is 1.65. The Morgan fingerprint density at radius 1 is 1.12 bits per heavy atom. The average Bonchev–Trinajstić information content (AvgIpc) is 2.54. The molecule has 2 N–H and O–H groups in total. The van der Waals surface area contributed by atoms with Crippen LogP contribution in [0.5, 0.6) is 0 Å². The first-order valence-electron chi connectivity index (χ1n) is 9.67. The molecule has 1 aliphatic carbocycles. The maximum Gasteiger partial charge on any atom is 0.231 e. The van der Waals surface area contributed by atoms with Gasteiger partial charge in [-0.3, -0.25) is 0 Å².